The Morgan fingerprint density at radius 3 is 1.95 bits per heavy atom. The molecule has 0 heterocycles. The first-order valence-electron chi connectivity index (χ1n) is 7.02. The minimum Gasteiger partial charge on any atom is -0.444 e. The maximum absolute atomic E-state index is 11.6. The standard InChI is InChI=1S/C15H28N2O4/c1-8-11(17-13(19)21-15(5,6)7)9-10-16-12(18)20-14(2,3)4/h8,11H,1,9-10H2,2-7H3,(H,16,18)(H,17,19)/t11-/m0/s1. The maximum Gasteiger partial charge on any atom is 0.408 e. The molecule has 0 aromatic carbocycles. The predicted octanol–water partition coefficient (Wildman–Crippen LogP) is 2.98. The van der Waals surface area contributed by atoms with Crippen LogP contribution in [0.2, 0.25) is 0 Å². The van der Waals surface area contributed by atoms with Crippen molar-refractivity contribution in [3.8, 4) is 0 Å². The fraction of sp³-hybridized carbons (Fsp3) is 0.733. The first-order valence-corrected chi connectivity index (χ1v) is 7.02. The Morgan fingerprint density at radius 2 is 1.52 bits per heavy atom. The highest BCUT2D eigenvalue weighted by atomic mass is 16.6. The van der Waals surface area contributed by atoms with Gasteiger partial charge in [-0.2, -0.15) is 0 Å². The third kappa shape index (κ3) is 11.8. The maximum atomic E-state index is 11.6. The van der Waals surface area contributed by atoms with E-state index in [0.29, 0.717) is 13.0 Å². The zero-order valence-electron chi connectivity index (χ0n) is 13.9. The SMILES string of the molecule is C=C[C@@H](CCNC(=O)OC(C)(C)C)NC(=O)OC(C)(C)C. The molecule has 1 atom stereocenters. The van der Waals surface area contributed by atoms with E-state index in [0.717, 1.165) is 0 Å². The van der Waals surface area contributed by atoms with Crippen molar-refractivity contribution < 1.29 is 19.1 Å². The summed E-state index contributed by atoms with van der Waals surface area (Å²) in [6.45, 7) is 14.8. The molecule has 6 heteroatoms. The number of nitrogens with one attached hydrogen (secondary N) is 2. The lowest BCUT2D eigenvalue weighted by Gasteiger charge is -2.22. The number of hydrogen-bond acceptors (Lipinski definition) is 4. The van der Waals surface area contributed by atoms with Crippen LogP contribution in [0.5, 0.6) is 0 Å². The summed E-state index contributed by atoms with van der Waals surface area (Å²) in [5.74, 6) is 0. The van der Waals surface area contributed by atoms with Crippen molar-refractivity contribution in [3.05, 3.63) is 12.7 Å². The molecule has 2 amide bonds. The Labute approximate surface area is 127 Å². The lowest BCUT2D eigenvalue weighted by atomic mass is 10.2. The van der Waals surface area contributed by atoms with Crippen LogP contribution in [0.1, 0.15) is 48.0 Å². The first-order chi connectivity index (χ1) is 9.43. The highest BCUT2D eigenvalue weighted by Crippen LogP contribution is 2.08. The average Bonchev–Trinajstić information content (AvgIpc) is 2.22. The summed E-state index contributed by atoms with van der Waals surface area (Å²) in [5.41, 5.74) is -1.08. The van der Waals surface area contributed by atoms with Crippen molar-refractivity contribution >= 4 is 12.2 Å². The fourth-order valence-corrected chi connectivity index (χ4v) is 1.35. The second-order valence-corrected chi connectivity index (χ2v) is 6.71. The molecule has 0 saturated carbocycles. The van der Waals surface area contributed by atoms with Gasteiger partial charge in [0.25, 0.3) is 0 Å². The summed E-state index contributed by atoms with van der Waals surface area (Å²) < 4.78 is 10.3. The normalized spacial score (nSPS) is 13.0. The van der Waals surface area contributed by atoms with Crippen LogP contribution in [0.3, 0.4) is 0 Å². The van der Waals surface area contributed by atoms with E-state index in [9.17, 15) is 9.59 Å². The highest BCUT2D eigenvalue weighted by Gasteiger charge is 2.19. The van der Waals surface area contributed by atoms with E-state index in [-0.39, 0.29) is 6.04 Å². The summed E-state index contributed by atoms with van der Waals surface area (Å²) in [6, 6.07) is -0.283. The minimum atomic E-state index is -0.551. The first kappa shape index (κ1) is 19.3. The van der Waals surface area contributed by atoms with Gasteiger partial charge in [-0.3, -0.25) is 0 Å². The monoisotopic (exact) mass is 300 g/mol. The molecule has 2 N–H and O–H groups in total. The van der Waals surface area contributed by atoms with Crippen LogP contribution in [-0.2, 0) is 9.47 Å². The fourth-order valence-electron chi connectivity index (χ4n) is 1.35. The Bertz CT molecular complexity index is 367. The van der Waals surface area contributed by atoms with Gasteiger partial charge in [-0.1, -0.05) is 6.08 Å². The molecule has 0 saturated heterocycles. The van der Waals surface area contributed by atoms with Gasteiger partial charge in [0.15, 0.2) is 0 Å². The van der Waals surface area contributed by atoms with Crippen LogP contribution < -0.4 is 10.6 Å². The van der Waals surface area contributed by atoms with E-state index < -0.39 is 23.4 Å². The number of carbonyl (C=O) groups is 2. The number of ether oxygens (including phenoxy) is 2. The number of rotatable bonds is 5. The van der Waals surface area contributed by atoms with Crippen LogP contribution in [0.25, 0.3) is 0 Å². The number of hydrogen-bond donors (Lipinski definition) is 2. The molecule has 21 heavy (non-hydrogen) atoms. The third-order valence-corrected chi connectivity index (χ3v) is 2.11. The number of alkyl carbamates (subject to hydrolysis) is 2. The van der Waals surface area contributed by atoms with Crippen LogP contribution in [0.15, 0.2) is 12.7 Å². The number of carbonyl (C=O) groups excluding carboxylic acids is 2. The van der Waals surface area contributed by atoms with E-state index in [2.05, 4.69) is 17.2 Å². The molecule has 0 spiro atoms. The van der Waals surface area contributed by atoms with Gasteiger partial charge in [0.1, 0.15) is 11.2 Å². The van der Waals surface area contributed by atoms with E-state index in [1.807, 2.05) is 0 Å². The highest BCUT2D eigenvalue weighted by molar-refractivity contribution is 5.68. The molecule has 0 aliphatic rings. The molecule has 0 rings (SSSR count). The smallest absolute Gasteiger partial charge is 0.408 e. The van der Waals surface area contributed by atoms with Gasteiger partial charge < -0.3 is 20.1 Å². The molecule has 0 aromatic rings. The van der Waals surface area contributed by atoms with E-state index >= 15 is 0 Å². The Balaban J connectivity index is 4.09. The van der Waals surface area contributed by atoms with Gasteiger partial charge in [0, 0.05) is 6.54 Å². The van der Waals surface area contributed by atoms with E-state index in [1.165, 1.54) is 0 Å². The Hall–Kier alpha value is -1.72. The van der Waals surface area contributed by atoms with E-state index in [4.69, 9.17) is 9.47 Å². The van der Waals surface area contributed by atoms with Crippen LogP contribution >= 0.6 is 0 Å². The summed E-state index contributed by atoms with van der Waals surface area (Å²) in [5, 5.41) is 5.30. The molecule has 0 aromatic heterocycles. The van der Waals surface area contributed by atoms with Gasteiger partial charge in [0.2, 0.25) is 0 Å². The predicted molar refractivity (Wildman–Crippen MR) is 82.2 cm³/mol. The van der Waals surface area contributed by atoms with Crippen molar-refractivity contribution in [1.82, 2.24) is 10.6 Å². The summed E-state index contributed by atoms with van der Waals surface area (Å²) in [7, 11) is 0. The lowest BCUT2D eigenvalue weighted by Crippen LogP contribution is -2.40. The molecule has 0 radical (unpaired) electrons. The number of amides is 2. The summed E-state index contributed by atoms with van der Waals surface area (Å²) in [6.07, 6.45) is 1.11. The average molecular weight is 300 g/mol. The van der Waals surface area contributed by atoms with Gasteiger partial charge in [-0.25, -0.2) is 9.59 Å². The van der Waals surface area contributed by atoms with Gasteiger partial charge in [0.05, 0.1) is 6.04 Å². The van der Waals surface area contributed by atoms with Crippen molar-refractivity contribution in [3.63, 3.8) is 0 Å². The second-order valence-electron chi connectivity index (χ2n) is 6.71. The van der Waals surface area contributed by atoms with Crippen LogP contribution in [0.4, 0.5) is 9.59 Å². The van der Waals surface area contributed by atoms with Crippen molar-refractivity contribution in [2.75, 3.05) is 6.54 Å². The zero-order chi connectivity index (χ0) is 16.7. The molecule has 122 valence electrons. The van der Waals surface area contributed by atoms with Gasteiger partial charge in [-0.15, -0.1) is 6.58 Å². The summed E-state index contributed by atoms with van der Waals surface area (Å²) in [4.78, 5) is 23.1. The summed E-state index contributed by atoms with van der Waals surface area (Å²) >= 11 is 0. The molecule has 6 nitrogen and oxygen atoms in total. The topological polar surface area (TPSA) is 76.7 Å². The van der Waals surface area contributed by atoms with Crippen molar-refractivity contribution in [1.29, 1.82) is 0 Å². The molecular formula is C15H28N2O4. The van der Waals surface area contributed by atoms with Crippen LogP contribution in [-0.4, -0.2) is 36.0 Å². The Kier molecular flexibility index (Phi) is 7.26. The zero-order valence-corrected chi connectivity index (χ0v) is 13.9. The molecule has 0 aliphatic carbocycles. The largest absolute Gasteiger partial charge is 0.444 e. The third-order valence-electron chi connectivity index (χ3n) is 2.11. The van der Waals surface area contributed by atoms with Crippen LogP contribution in [0, 0.1) is 0 Å². The van der Waals surface area contributed by atoms with Crippen molar-refractivity contribution in [2.24, 2.45) is 0 Å². The quantitative estimate of drug-likeness (QED) is 0.765. The molecule has 0 aliphatic heterocycles. The van der Waals surface area contributed by atoms with Gasteiger partial charge >= 0.3 is 12.2 Å². The Morgan fingerprint density at radius 1 is 1.05 bits per heavy atom. The van der Waals surface area contributed by atoms with Gasteiger partial charge in [-0.05, 0) is 48.0 Å². The second kappa shape index (κ2) is 7.90. The molecule has 0 fully saturated rings. The minimum absolute atomic E-state index is 0.283. The van der Waals surface area contributed by atoms with Crippen molar-refractivity contribution in [2.45, 2.75) is 65.2 Å². The molecule has 0 unspecified atom stereocenters. The lowest BCUT2D eigenvalue weighted by molar-refractivity contribution is 0.0511. The van der Waals surface area contributed by atoms with E-state index in [1.54, 1.807) is 47.6 Å². The molecular weight excluding hydrogens is 272 g/mol. The molecule has 0 bridgehead atoms.